The lowest BCUT2D eigenvalue weighted by Crippen LogP contribution is -2.34. The molecule has 0 bridgehead atoms. The molecule has 0 saturated heterocycles. The number of halogens is 1. The van der Waals surface area contributed by atoms with E-state index in [1.165, 1.54) is 5.56 Å². The van der Waals surface area contributed by atoms with E-state index in [-0.39, 0.29) is 0 Å². The van der Waals surface area contributed by atoms with E-state index < -0.39 is 12.0 Å². The van der Waals surface area contributed by atoms with Crippen LogP contribution in [0.5, 0.6) is 0 Å². The van der Waals surface area contributed by atoms with E-state index in [9.17, 15) is 4.79 Å². The molecule has 1 aromatic rings. The zero-order valence-electron chi connectivity index (χ0n) is 8.08. The number of anilines is 1. The second-order valence-electron chi connectivity index (χ2n) is 3.47. The molecule has 1 aliphatic heterocycles. The van der Waals surface area contributed by atoms with Crippen molar-refractivity contribution in [1.82, 2.24) is 0 Å². The molecule has 0 amide bonds. The van der Waals surface area contributed by atoms with E-state index in [2.05, 4.69) is 27.3 Å². The first-order valence-corrected chi connectivity index (χ1v) is 6.28. The molecule has 1 heterocycles. The Bertz CT molecular complexity index is 422. The van der Waals surface area contributed by atoms with Gasteiger partial charge in [-0.15, -0.1) is 11.8 Å². The van der Waals surface area contributed by atoms with Gasteiger partial charge >= 0.3 is 5.97 Å². The van der Waals surface area contributed by atoms with Crippen LogP contribution in [0.1, 0.15) is 5.56 Å². The predicted octanol–water partition coefficient (Wildman–Crippen LogP) is 2.73. The Balaban J connectivity index is 2.37. The molecule has 2 N–H and O–H groups in total. The van der Waals surface area contributed by atoms with E-state index in [1.54, 1.807) is 11.8 Å². The van der Waals surface area contributed by atoms with Crippen LogP contribution in [-0.2, 0) is 4.79 Å². The number of carbonyl (C=O) groups is 1. The molecule has 15 heavy (non-hydrogen) atoms. The topological polar surface area (TPSA) is 49.3 Å². The fourth-order valence-electron chi connectivity index (χ4n) is 1.49. The van der Waals surface area contributed by atoms with Gasteiger partial charge in [0.25, 0.3) is 0 Å². The van der Waals surface area contributed by atoms with Gasteiger partial charge in [-0.1, -0.05) is 0 Å². The molecular formula is C10H10BrNO2S. The van der Waals surface area contributed by atoms with Crippen LogP contribution in [0.3, 0.4) is 0 Å². The molecule has 0 saturated carbocycles. The predicted molar refractivity (Wildman–Crippen MR) is 64.6 cm³/mol. The zero-order valence-corrected chi connectivity index (χ0v) is 10.5. The van der Waals surface area contributed by atoms with Crippen LogP contribution in [-0.4, -0.2) is 22.9 Å². The number of benzene rings is 1. The highest BCUT2D eigenvalue weighted by Gasteiger charge is 2.25. The van der Waals surface area contributed by atoms with Crippen LogP contribution in [0.2, 0.25) is 0 Å². The quantitative estimate of drug-likeness (QED) is 0.834. The molecule has 0 fully saturated rings. The average molecular weight is 288 g/mol. The number of fused-ring (bicyclic) bond motifs is 1. The second kappa shape index (κ2) is 4.06. The molecule has 1 aromatic carbocycles. The lowest BCUT2D eigenvalue weighted by atomic mass is 10.2. The molecule has 2 rings (SSSR count). The Morgan fingerprint density at radius 2 is 2.40 bits per heavy atom. The van der Waals surface area contributed by atoms with Gasteiger partial charge in [0.15, 0.2) is 0 Å². The molecule has 1 atom stereocenters. The zero-order chi connectivity index (χ0) is 11.0. The fraction of sp³-hybridized carbons (Fsp3) is 0.300. The summed E-state index contributed by atoms with van der Waals surface area (Å²) in [5.74, 6) is -0.237. The lowest BCUT2D eigenvalue weighted by molar-refractivity contribution is -0.137. The lowest BCUT2D eigenvalue weighted by Gasteiger charge is -2.24. The monoisotopic (exact) mass is 287 g/mol. The first-order chi connectivity index (χ1) is 7.08. The standard InChI is InChI=1S/C10H10BrNO2S/c1-5-2-6(11)9-8(3-5)15-4-7(12-9)10(13)14/h2-3,7,12H,4H2,1H3,(H,13,14). The van der Waals surface area contributed by atoms with Crippen molar-refractivity contribution in [2.45, 2.75) is 17.9 Å². The van der Waals surface area contributed by atoms with Crippen LogP contribution in [0.15, 0.2) is 21.5 Å². The molecule has 1 aliphatic rings. The number of nitrogens with one attached hydrogen (secondary N) is 1. The van der Waals surface area contributed by atoms with Crippen LogP contribution in [0.4, 0.5) is 5.69 Å². The van der Waals surface area contributed by atoms with Gasteiger partial charge in [0.05, 0.1) is 5.69 Å². The highest BCUT2D eigenvalue weighted by atomic mass is 79.9. The molecule has 0 spiro atoms. The number of aliphatic carboxylic acids is 1. The summed E-state index contributed by atoms with van der Waals surface area (Å²) in [5, 5.41) is 11.9. The van der Waals surface area contributed by atoms with Crippen molar-refractivity contribution in [2.24, 2.45) is 0 Å². The summed E-state index contributed by atoms with van der Waals surface area (Å²) in [6.07, 6.45) is 0. The van der Waals surface area contributed by atoms with Crippen molar-refractivity contribution in [1.29, 1.82) is 0 Å². The highest BCUT2D eigenvalue weighted by molar-refractivity contribution is 9.10. The smallest absolute Gasteiger partial charge is 0.326 e. The van der Waals surface area contributed by atoms with E-state index in [4.69, 9.17) is 5.11 Å². The largest absolute Gasteiger partial charge is 0.480 e. The summed E-state index contributed by atoms with van der Waals surface area (Å²) >= 11 is 5.02. The van der Waals surface area contributed by atoms with Gasteiger partial charge in [-0.25, -0.2) is 4.79 Å². The maximum absolute atomic E-state index is 10.9. The minimum absolute atomic E-state index is 0.499. The minimum atomic E-state index is -0.805. The van der Waals surface area contributed by atoms with E-state index in [0.29, 0.717) is 5.75 Å². The summed E-state index contributed by atoms with van der Waals surface area (Å²) in [4.78, 5) is 12.0. The van der Waals surface area contributed by atoms with E-state index in [1.807, 2.05) is 13.0 Å². The van der Waals surface area contributed by atoms with Gasteiger partial charge in [0.1, 0.15) is 6.04 Å². The molecule has 1 unspecified atom stereocenters. The molecule has 80 valence electrons. The molecule has 3 nitrogen and oxygen atoms in total. The van der Waals surface area contributed by atoms with Crippen molar-refractivity contribution in [3.05, 3.63) is 22.2 Å². The number of hydrogen-bond donors (Lipinski definition) is 2. The third-order valence-electron chi connectivity index (χ3n) is 2.22. The third-order valence-corrected chi connectivity index (χ3v) is 3.98. The van der Waals surface area contributed by atoms with Gasteiger partial charge in [-0.05, 0) is 40.5 Å². The molecule has 0 aromatic heterocycles. The first kappa shape index (κ1) is 10.8. The number of hydrogen-bond acceptors (Lipinski definition) is 3. The van der Waals surface area contributed by atoms with E-state index in [0.717, 1.165) is 15.1 Å². The number of carboxylic acid groups (broad SMARTS) is 1. The van der Waals surface area contributed by atoms with Crippen molar-refractivity contribution in [2.75, 3.05) is 11.1 Å². The third kappa shape index (κ3) is 2.13. The number of aryl methyl sites for hydroxylation is 1. The van der Waals surface area contributed by atoms with Crippen LogP contribution in [0, 0.1) is 6.92 Å². The Labute approximate surface area is 100 Å². The SMILES string of the molecule is Cc1cc(Br)c2c(c1)SCC(C(=O)O)N2. The van der Waals surface area contributed by atoms with Gasteiger partial charge in [0, 0.05) is 15.1 Å². The Morgan fingerprint density at radius 1 is 1.67 bits per heavy atom. The fourth-order valence-corrected chi connectivity index (χ4v) is 3.46. The van der Waals surface area contributed by atoms with Crippen molar-refractivity contribution < 1.29 is 9.90 Å². The maximum Gasteiger partial charge on any atom is 0.326 e. The summed E-state index contributed by atoms with van der Waals surface area (Å²) < 4.78 is 0.927. The van der Waals surface area contributed by atoms with Crippen LogP contribution in [0.25, 0.3) is 0 Å². The van der Waals surface area contributed by atoms with Gasteiger partial charge in [-0.3, -0.25) is 0 Å². The second-order valence-corrected chi connectivity index (χ2v) is 5.38. The number of thioether (sulfide) groups is 1. The highest BCUT2D eigenvalue weighted by Crippen LogP contribution is 2.39. The van der Waals surface area contributed by atoms with Crippen molar-refractivity contribution in [3.8, 4) is 0 Å². The summed E-state index contributed by atoms with van der Waals surface area (Å²) in [6, 6.07) is 3.55. The summed E-state index contributed by atoms with van der Waals surface area (Å²) in [5.41, 5.74) is 2.06. The van der Waals surface area contributed by atoms with Crippen LogP contribution >= 0.6 is 27.7 Å². The molecular weight excluding hydrogens is 278 g/mol. The normalized spacial score (nSPS) is 19.2. The first-order valence-electron chi connectivity index (χ1n) is 4.50. The summed E-state index contributed by atoms with van der Waals surface area (Å²) in [7, 11) is 0. The number of rotatable bonds is 1. The van der Waals surface area contributed by atoms with Crippen molar-refractivity contribution in [3.63, 3.8) is 0 Å². The minimum Gasteiger partial charge on any atom is -0.480 e. The Morgan fingerprint density at radius 3 is 3.07 bits per heavy atom. The van der Waals surface area contributed by atoms with Crippen molar-refractivity contribution >= 4 is 39.3 Å². The van der Waals surface area contributed by atoms with Gasteiger partial charge in [0.2, 0.25) is 0 Å². The Hall–Kier alpha value is -0.680. The number of carboxylic acids is 1. The molecule has 0 radical (unpaired) electrons. The average Bonchev–Trinajstić information content (AvgIpc) is 2.16. The maximum atomic E-state index is 10.9. The van der Waals surface area contributed by atoms with E-state index >= 15 is 0 Å². The Kier molecular flexibility index (Phi) is 2.93. The van der Waals surface area contributed by atoms with Gasteiger partial charge in [-0.2, -0.15) is 0 Å². The van der Waals surface area contributed by atoms with Gasteiger partial charge < -0.3 is 10.4 Å². The summed E-state index contributed by atoms with van der Waals surface area (Å²) in [6.45, 7) is 2.02. The van der Waals surface area contributed by atoms with Crippen LogP contribution < -0.4 is 5.32 Å². The molecule has 5 heteroatoms. The molecule has 0 aliphatic carbocycles.